The van der Waals surface area contributed by atoms with Crippen molar-refractivity contribution in [3.8, 4) is 10.4 Å². The molecular formula is C30H40N4O2S. The number of primary amides is 1. The number of aromatic nitrogens is 1. The van der Waals surface area contributed by atoms with Gasteiger partial charge < -0.3 is 20.5 Å². The zero-order valence-electron chi connectivity index (χ0n) is 23.0. The fourth-order valence-electron chi connectivity index (χ4n) is 6.06. The van der Waals surface area contributed by atoms with Crippen molar-refractivity contribution in [3.05, 3.63) is 73.5 Å². The molecule has 1 aliphatic carbocycles. The van der Waals surface area contributed by atoms with Crippen molar-refractivity contribution < 1.29 is 4.79 Å². The fourth-order valence-corrected chi connectivity index (χ4v) is 6.83. The summed E-state index contributed by atoms with van der Waals surface area (Å²) in [5, 5.41) is 2.05. The van der Waals surface area contributed by atoms with Crippen molar-refractivity contribution in [1.82, 2.24) is 9.88 Å². The van der Waals surface area contributed by atoms with E-state index in [0.717, 1.165) is 76.3 Å². The number of carbonyl (C=O) groups is 1. The van der Waals surface area contributed by atoms with Gasteiger partial charge in [-0.25, -0.2) is 0 Å². The first-order chi connectivity index (χ1) is 17.6. The molecule has 2 aromatic heterocycles. The molecule has 198 valence electrons. The molecule has 1 fully saturated rings. The van der Waals surface area contributed by atoms with Gasteiger partial charge in [0.2, 0.25) is 5.91 Å². The highest BCUT2D eigenvalue weighted by Crippen LogP contribution is 2.42. The Balaban J connectivity index is 1.93. The van der Waals surface area contributed by atoms with E-state index in [4.69, 9.17) is 5.73 Å². The molecule has 2 heterocycles. The van der Waals surface area contributed by atoms with Gasteiger partial charge in [0.05, 0.1) is 0 Å². The van der Waals surface area contributed by atoms with Crippen molar-refractivity contribution in [2.75, 3.05) is 25.5 Å². The molecule has 1 aromatic carbocycles. The maximum absolute atomic E-state index is 13.1. The zero-order chi connectivity index (χ0) is 26.9. The van der Waals surface area contributed by atoms with E-state index in [9.17, 15) is 9.59 Å². The van der Waals surface area contributed by atoms with Crippen molar-refractivity contribution in [2.45, 2.75) is 71.9 Å². The van der Waals surface area contributed by atoms with Crippen LogP contribution in [0.4, 0.5) is 5.69 Å². The van der Waals surface area contributed by atoms with Crippen LogP contribution in [0.5, 0.6) is 0 Å². The van der Waals surface area contributed by atoms with E-state index in [1.165, 1.54) is 0 Å². The first-order valence-electron chi connectivity index (χ1n) is 13.2. The van der Waals surface area contributed by atoms with Gasteiger partial charge in [0, 0.05) is 52.4 Å². The molecule has 0 saturated heterocycles. The number of rotatable bonds is 8. The van der Waals surface area contributed by atoms with E-state index in [1.807, 2.05) is 44.4 Å². The second-order valence-electron chi connectivity index (χ2n) is 10.6. The van der Waals surface area contributed by atoms with Crippen molar-refractivity contribution in [2.24, 2.45) is 5.73 Å². The molecule has 37 heavy (non-hydrogen) atoms. The summed E-state index contributed by atoms with van der Waals surface area (Å²) in [6, 6.07) is 9.05. The predicted molar refractivity (Wildman–Crippen MR) is 155 cm³/mol. The maximum Gasteiger partial charge on any atom is 0.251 e. The van der Waals surface area contributed by atoms with Gasteiger partial charge in [-0.15, -0.1) is 11.3 Å². The normalized spacial score (nSPS) is 17.8. The number of H-pyrrole nitrogens is 1. The number of carbonyl (C=O) groups excluding carboxylic acids is 1. The van der Waals surface area contributed by atoms with Crippen LogP contribution in [0.1, 0.15) is 70.9 Å². The molecule has 0 aliphatic heterocycles. The fraction of sp³-hybridized carbons (Fsp3) is 0.467. The topological polar surface area (TPSA) is 82.4 Å². The predicted octanol–water partition coefficient (Wildman–Crippen LogP) is 5.42. The quantitative estimate of drug-likeness (QED) is 0.416. The Bertz CT molecular complexity index is 1320. The standard InChI is InChI=1S/C30H40N4O2S/c1-7-34(22-12-10-21(11-13-22)33(5)6)28-20(4)24(29(31)35)17-25(27-9-8-14-37-27)26(28)16-23-18(2)15-19(3)32-30(23)36/h8-9,14-15,17,21-22H,7,10-13,16H2,1-6H3,(H2,31,35)(H,32,36). The summed E-state index contributed by atoms with van der Waals surface area (Å²) < 4.78 is 0. The van der Waals surface area contributed by atoms with Crippen LogP contribution >= 0.6 is 11.3 Å². The van der Waals surface area contributed by atoms with Gasteiger partial charge >= 0.3 is 0 Å². The average molecular weight is 521 g/mol. The lowest BCUT2D eigenvalue weighted by atomic mass is 9.86. The molecule has 1 amide bonds. The number of nitrogens with one attached hydrogen (secondary N) is 1. The van der Waals surface area contributed by atoms with Crippen LogP contribution < -0.4 is 16.2 Å². The van der Waals surface area contributed by atoms with E-state index < -0.39 is 5.91 Å². The summed E-state index contributed by atoms with van der Waals surface area (Å²) in [7, 11) is 4.33. The summed E-state index contributed by atoms with van der Waals surface area (Å²) in [5.74, 6) is -0.417. The van der Waals surface area contributed by atoms with Gasteiger partial charge in [-0.05, 0) is 113 Å². The van der Waals surface area contributed by atoms with Gasteiger partial charge in [-0.2, -0.15) is 0 Å². The lowest BCUT2D eigenvalue weighted by Gasteiger charge is -2.41. The zero-order valence-corrected chi connectivity index (χ0v) is 23.8. The van der Waals surface area contributed by atoms with E-state index in [2.05, 4.69) is 41.9 Å². The van der Waals surface area contributed by atoms with Crippen LogP contribution in [0.25, 0.3) is 10.4 Å². The van der Waals surface area contributed by atoms with Crippen molar-refractivity contribution >= 4 is 22.9 Å². The third-order valence-electron chi connectivity index (χ3n) is 8.02. The minimum absolute atomic E-state index is 0.0493. The summed E-state index contributed by atoms with van der Waals surface area (Å²) in [6.45, 7) is 8.94. The number of aromatic amines is 1. The number of hydrogen-bond donors (Lipinski definition) is 2. The number of hydrogen-bond acceptors (Lipinski definition) is 5. The molecule has 1 saturated carbocycles. The number of amides is 1. The Morgan fingerprint density at radius 3 is 2.30 bits per heavy atom. The van der Waals surface area contributed by atoms with Gasteiger partial charge in [-0.3, -0.25) is 9.59 Å². The third-order valence-corrected chi connectivity index (χ3v) is 8.93. The third kappa shape index (κ3) is 5.53. The molecule has 3 aromatic rings. The van der Waals surface area contributed by atoms with E-state index in [1.54, 1.807) is 11.3 Å². The largest absolute Gasteiger partial charge is 0.368 e. The van der Waals surface area contributed by atoms with Gasteiger partial charge in [0.25, 0.3) is 5.56 Å². The average Bonchev–Trinajstić information content (AvgIpc) is 3.38. The van der Waals surface area contributed by atoms with Gasteiger partial charge in [0.15, 0.2) is 0 Å². The Kier molecular flexibility index (Phi) is 8.24. The lowest BCUT2D eigenvalue weighted by Crippen LogP contribution is -2.43. The Morgan fingerprint density at radius 1 is 1.08 bits per heavy atom. The van der Waals surface area contributed by atoms with E-state index >= 15 is 0 Å². The molecule has 0 radical (unpaired) electrons. The molecule has 0 unspecified atom stereocenters. The molecule has 6 nitrogen and oxygen atoms in total. The number of nitrogens with two attached hydrogens (primary N) is 1. The molecular weight excluding hydrogens is 480 g/mol. The van der Waals surface area contributed by atoms with E-state index in [0.29, 0.717) is 24.1 Å². The number of nitrogens with zero attached hydrogens (tertiary/aromatic N) is 2. The number of benzene rings is 1. The van der Waals surface area contributed by atoms with Crippen LogP contribution in [0.15, 0.2) is 34.4 Å². The minimum Gasteiger partial charge on any atom is -0.368 e. The SMILES string of the molecule is CCN(c1c(C)c(C(N)=O)cc(-c2cccs2)c1Cc1c(C)cc(C)[nH]c1=O)C1CCC(N(C)C)CC1. The number of pyridine rings is 1. The summed E-state index contributed by atoms with van der Waals surface area (Å²) in [4.78, 5) is 34.7. The van der Waals surface area contributed by atoms with Crippen LogP contribution in [0, 0.1) is 20.8 Å². The highest BCUT2D eigenvalue weighted by atomic mass is 32.1. The second-order valence-corrected chi connectivity index (χ2v) is 11.5. The molecule has 0 atom stereocenters. The first-order valence-corrected chi connectivity index (χ1v) is 14.1. The molecule has 1 aliphatic rings. The van der Waals surface area contributed by atoms with Crippen LogP contribution in [0.2, 0.25) is 0 Å². The van der Waals surface area contributed by atoms with Crippen LogP contribution in [-0.4, -0.2) is 48.5 Å². The van der Waals surface area contributed by atoms with E-state index in [-0.39, 0.29) is 5.56 Å². The number of thiophene rings is 1. The minimum atomic E-state index is -0.417. The summed E-state index contributed by atoms with van der Waals surface area (Å²) in [6.07, 6.45) is 4.97. The monoisotopic (exact) mass is 520 g/mol. The van der Waals surface area contributed by atoms with Crippen LogP contribution in [0.3, 0.4) is 0 Å². The Labute approximate surface area is 224 Å². The first kappa shape index (κ1) is 27.1. The Hall–Kier alpha value is -2.90. The molecule has 4 rings (SSSR count). The molecule has 0 spiro atoms. The smallest absolute Gasteiger partial charge is 0.251 e. The Morgan fingerprint density at radius 2 is 1.76 bits per heavy atom. The van der Waals surface area contributed by atoms with Gasteiger partial charge in [0.1, 0.15) is 0 Å². The highest BCUT2D eigenvalue weighted by molar-refractivity contribution is 7.13. The molecule has 7 heteroatoms. The number of aryl methyl sites for hydroxylation is 2. The van der Waals surface area contributed by atoms with Gasteiger partial charge in [-0.1, -0.05) is 6.07 Å². The van der Waals surface area contributed by atoms with Crippen molar-refractivity contribution in [3.63, 3.8) is 0 Å². The second kappa shape index (κ2) is 11.2. The molecule has 0 bridgehead atoms. The van der Waals surface area contributed by atoms with Crippen molar-refractivity contribution in [1.29, 1.82) is 0 Å². The lowest BCUT2D eigenvalue weighted by molar-refractivity contribution is 0.0999. The van der Waals surface area contributed by atoms with Crippen LogP contribution in [-0.2, 0) is 6.42 Å². The molecule has 3 N–H and O–H groups in total. The maximum atomic E-state index is 13.1. The summed E-state index contributed by atoms with van der Waals surface area (Å²) in [5.41, 5.74) is 13.1. The summed E-state index contributed by atoms with van der Waals surface area (Å²) >= 11 is 1.64. The number of anilines is 1. The highest BCUT2D eigenvalue weighted by Gasteiger charge is 2.31.